The highest BCUT2D eigenvalue weighted by atomic mass is 79.9. The van der Waals surface area contributed by atoms with Crippen LogP contribution in [0.3, 0.4) is 0 Å². The first kappa shape index (κ1) is 12.0. The summed E-state index contributed by atoms with van der Waals surface area (Å²) in [6, 6.07) is 6.14. The van der Waals surface area contributed by atoms with Gasteiger partial charge in [0, 0.05) is 30.7 Å². The van der Waals surface area contributed by atoms with Gasteiger partial charge in [-0.05, 0) is 25.1 Å². The Labute approximate surface area is 115 Å². The predicted molar refractivity (Wildman–Crippen MR) is 76.2 cm³/mol. The van der Waals surface area contributed by atoms with Crippen LogP contribution in [0, 0.1) is 0 Å². The minimum Gasteiger partial charge on any atom is -0.355 e. The molecule has 2 heterocycles. The molecule has 5 heteroatoms. The lowest BCUT2D eigenvalue weighted by Crippen LogP contribution is -2.61. The van der Waals surface area contributed by atoms with Gasteiger partial charge in [-0.1, -0.05) is 15.9 Å². The second kappa shape index (κ2) is 4.55. The molecule has 1 N–H and O–H groups in total. The number of nitrogens with one attached hydrogen (secondary N) is 1. The molecular formula is C13H16BrN3O. The van der Waals surface area contributed by atoms with E-state index in [1.807, 2.05) is 24.0 Å². The number of likely N-dealkylation sites (N-methyl/N-ethyl adjacent to an activating group) is 1. The van der Waals surface area contributed by atoms with Crippen molar-refractivity contribution in [2.24, 2.45) is 0 Å². The lowest BCUT2D eigenvalue weighted by Gasteiger charge is -2.45. The van der Waals surface area contributed by atoms with Gasteiger partial charge in [-0.15, -0.1) is 0 Å². The molecule has 0 spiro atoms. The van der Waals surface area contributed by atoms with E-state index in [4.69, 9.17) is 0 Å². The summed E-state index contributed by atoms with van der Waals surface area (Å²) < 4.78 is 1.01. The van der Waals surface area contributed by atoms with Crippen LogP contribution in [-0.4, -0.2) is 38.1 Å². The van der Waals surface area contributed by atoms with Crippen LogP contribution in [0.5, 0.6) is 0 Å². The van der Waals surface area contributed by atoms with Gasteiger partial charge in [-0.3, -0.25) is 4.79 Å². The number of carbonyl (C=O) groups is 1. The van der Waals surface area contributed by atoms with E-state index >= 15 is 0 Å². The molecule has 1 amide bonds. The van der Waals surface area contributed by atoms with Gasteiger partial charge in [0.15, 0.2) is 0 Å². The van der Waals surface area contributed by atoms with E-state index in [1.54, 1.807) is 0 Å². The number of hydrogen-bond acceptors (Lipinski definition) is 3. The standard InChI is InChI=1S/C13H16BrN3O/c1-2-16-11-7-9(14)3-4-10(11)17-6-5-15-8-12(17)13(16)18/h3-4,7,12,15H,2,5-6,8H2,1H3. The van der Waals surface area contributed by atoms with Gasteiger partial charge in [0.05, 0.1) is 11.4 Å². The zero-order valence-electron chi connectivity index (χ0n) is 10.3. The molecule has 1 atom stereocenters. The Kier molecular flexibility index (Phi) is 3.03. The molecule has 2 aliphatic heterocycles. The third-order valence-corrected chi connectivity index (χ3v) is 4.14. The smallest absolute Gasteiger partial charge is 0.251 e. The Bertz CT molecular complexity index is 491. The van der Waals surface area contributed by atoms with Crippen LogP contribution >= 0.6 is 15.9 Å². The SMILES string of the molecule is CCN1C(=O)C2CNCCN2c2ccc(Br)cc21. The predicted octanol–water partition coefficient (Wildman–Crippen LogP) is 1.59. The number of amides is 1. The lowest BCUT2D eigenvalue weighted by molar-refractivity contribution is -0.120. The number of piperazine rings is 1. The van der Waals surface area contributed by atoms with Gasteiger partial charge in [0.25, 0.3) is 5.91 Å². The average Bonchev–Trinajstić information content (AvgIpc) is 2.39. The molecule has 0 radical (unpaired) electrons. The van der Waals surface area contributed by atoms with Gasteiger partial charge in [-0.25, -0.2) is 0 Å². The maximum Gasteiger partial charge on any atom is 0.251 e. The van der Waals surface area contributed by atoms with Crippen LogP contribution in [0.2, 0.25) is 0 Å². The first-order chi connectivity index (χ1) is 8.72. The van der Waals surface area contributed by atoms with Crippen LogP contribution in [0.25, 0.3) is 0 Å². The molecule has 1 fully saturated rings. The number of halogens is 1. The summed E-state index contributed by atoms with van der Waals surface area (Å²) in [7, 11) is 0. The highest BCUT2D eigenvalue weighted by molar-refractivity contribution is 9.10. The quantitative estimate of drug-likeness (QED) is 0.856. The van der Waals surface area contributed by atoms with Crippen molar-refractivity contribution in [2.45, 2.75) is 13.0 Å². The molecule has 1 unspecified atom stereocenters. The van der Waals surface area contributed by atoms with E-state index in [0.29, 0.717) is 6.54 Å². The Hall–Kier alpha value is -1.07. The first-order valence-electron chi connectivity index (χ1n) is 6.30. The van der Waals surface area contributed by atoms with Crippen molar-refractivity contribution >= 4 is 33.2 Å². The van der Waals surface area contributed by atoms with Crippen molar-refractivity contribution in [1.82, 2.24) is 5.32 Å². The number of fused-ring (bicyclic) bond motifs is 3. The number of benzene rings is 1. The topological polar surface area (TPSA) is 35.6 Å². The van der Waals surface area contributed by atoms with Crippen LogP contribution in [0.1, 0.15) is 6.92 Å². The molecule has 4 nitrogen and oxygen atoms in total. The number of nitrogens with zero attached hydrogens (tertiary/aromatic N) is 2. The Balaban J connectivity index is 2.12. The molecular weight excluding hydrogens is 294 g/mol. The minimum atomic E-state index is -0.0487. The highest BCUT2D eigenvalue weighted by Crippen LogP contribution is 2.38. The molecule has 18 heavy (non-hydrogen) atoms. The van der Waals surface area contributed by atoms with E-state index in [1.165, 1.54) is 5.69 Å². The molecule has 1 aromatic rings. The van der Waals surface area contributed by atoms with E-state index in [9.17, 15) is 4.79 Å². The molecule has 2 aliphatic rings. The number of anilines is 2. The van der Waals surface area contributed by atoms with Gasteiger partial charge in [-0.2, -0.15) is 0 Å². The summed E-state index contributed by atoms with van der Waals surface area (Å²) >= 11 is 3.49. The Morgan fingerprint density at radius 3 is 3.06 bits per heavy atom. The molecule has 1 saturated heterocycles. The molecule has 0 aromatic heterocycles. The Morgan fingerprint density at radius 2 is 2.28 bits per heavy atom. The van der Waals surface area contributed by atoms with Gasteiger partial charge < -0.3 is 15.1 Å². The second-order valence-electron chi connectivity index (χ2n) is 4.63. The van der Waals surface area contributed by atoms with Crippen LogP contribution in [0.4, 0.5) is 11.4 Å². The summed E-state index contributed by atoms with van der Waals surface area (Å²) in [5.74, 6) is 0.204. The summed E-state index contributed by atoms with van der Waals surface area (Å²) in [6.45, 7) is 5.31. The molecule has 0 saturated carbocycles. The highest BCUT2D eigenvalue weighted by Gasteiger charge is 2.38. The first-order valence-corrected chi connectivity index (χ1v) is 7.10. The van der Waals surface area contributed by atoms with Gasteiger partial charge in [0.1, 0.15) is 6.04 Å². The van der Waals surface area contributed by atoms with Crippen molar-refractivity contribution in [3.8, 4) is 0 Å². The summed E-state index contributed by atoms with van der Waals surface area (Å²) in [5, 5.41) is 3.30. The van der Waals surface area contributed by atoms with Crippen molar-refractivity contribution < 1.29 is 4.79 Å². The number of carbonyl (C=O) groups excluding carboxylic acids is 1. The normalized spacial score (nSPS) is 22.8. The molecule has 1 aromatic carbocycles. The third-order valence-electron chi connectivity index (χ3n) is 3.65. The van der Waals surface area contributed by atoms with Crippen molar-refractivity contribution in [3.63, 3.8) is 0 Å². The number of hydrogen-bond donors (Lipinski definition) is 1. The fourth-order valence-electron chi connectivity index (χ4n) is 2.79. The maximum atomic E-state index is 12.5. The number of rotatable bonds is 1. The van der Waals surface area contributed by atoms with Gasteiger partial charge in [0.2, 0.25) is 0 Å². The Morgan fingerprint density at radius 1 is 1.44 bits per heavy atom. The summed E-state index contributed by atoms with van der Waals surface area (Å²) in [5.41, 5.74) is 2.20. The monoisotopic (exact) mass is 309 g/mol. The molecule has 0 aliphatic carbocycles. The minimum absolute atomic E-state index is 0.0487. The van der Waals surface area contributed by atoms with Crippen molar-refractivity contribution in [3.05, 3.63) is 22.7 Å². The van der Waals surface area contributed by atoms with E-state index in [-0.39, 0.29) is 11.9 Å². The van der Waals surface area contributed by atoms with E-state index in [2.05, 4.69) is 32.2 Å². The fourth-order valence-corrected chi connectivity index (χ4v) is 3.14. The lowest BCUT2D eigenvalue weighted by atomic mass is 10.0. The molecule has 0 bridgehead atoms. The van der Waals surface area contributed by atoms with E-state index in [0.717, 1.165) is 29.8 Å². The molecule has 96 valence electrons. The summed E-state index contributed by atoms with van der Waals surface area (Å²) in [4.78, 5) is 16.6. The molecule has 3 rings (SSSR count). The van der Waals surface area contributed by atoms with Crippen molar-refractivity contribution in [2.75, 3.05) is 36.0 Å². The van der Waals surface area contributed by atoms with E-state index < -0.39 is 0 Å². The van der Waals surface area contributed by atoms with Crippen molar-refractivity contribution in [1.29, 1.82) is 0 Å². The average molecular weight is 310 g/mol. The zero-order chi connectivity index (χ0) is 12.7. The third kappa shape index (κ3) is 1.73. The van der Waals surface area contributed by atoms with Crippen LogP contribution < -0.4 is 15.1 Å². The second-order valence-corrected chi connectivity index (χ2v) is 5.54. The largest absolute Gasteiger partial charge is 0.355 e. The van der Waals surface area contributed by atoms with Crippen LogP contribution in [0.15, 0.2) is 22.7 Å². The zero-order valence-corrected chi connectivity index (χ0v) is 11.9. The van der Waals surface area contributed by atoms with Crippen LogP contribution in [-0.2, 0) is 4.79 Å². The summed E-state index contributed by atoms with van der Waals surface area (Å²) in [6.07, 6.45) is 0. The van der Waals surface area contributed by atoms with Gasteiger partial charge >= 0.3 is 0 Å². The fraction of sp³-hybridized carbons (Fsp3) is 0.462. The maximum absolute atomic E-state index is 12.5.